The molecule has 82 valence electrons. The molecule has 1 aromatic heterocycles. The SMILES string of the molecule is CCC(NC(=O)c1cccs1)/C(N)=N/O. The highest BCUT2D eigenvalue weighted by molar-refractivity contribution is 7.12. The predicted octanol–water partition coefficient (Wildman–Crippen LogP) is 1.00. The lowest BCUT2D eigenvalue weighted by Gasteiger charge is -2.14. The van der Waals surface area contributed by atoms with Gasteiger partial charge in [-0.2, -0.15) is 0 Å². The minimum Gasteiger partial charge on any atom is -0.409 e. The average molecular weight is 227 g/mol. The summed E-state index contributed by atoms with van der Waals surface area (Å²) in [6.45, 7) is 1.84. The number of carbonyl (C=O) groups is 1. The van der Waals surface area contributed by atoms with Gasteiger partial charge in [0, 0.05) is 0 Å². The van der Waals surface area contributed by atoms with E-state index < -0.39 is 6.04 Å². The Bertz CT molecular complexity index is 348. The zero-order valence-electron chi connectivity index (χ0n) is 8.30. The van der Waals surface area contributed by atoms with Crippen LogP contribution in [0.25, 0.3) is 0 Å². The average Bonchev–Trinajstić information content (AvgIpc) is 2.77. The third kappa shape index (κ3) is 2.95. The maximum absolute atomic E-state index is 11.6. The lowest BCUT2D eigenvalue weighted by molar-refractivity contribution is 0.0949. The second-order valence-electron chi connectivity index (χ2n) is 2.94. The molecule has 1 amide bonds. The smallest absolute Gasteiger partial charge is 0.261 e. The fraction of sp³-hybridized carbons (Fsp3) is 0.333. The molecule has 0 radical (unpaired) electrons. The van der Waals surface area contributed by atoms with Crippen molar-refractivity contribution < 1.29 is 10.0 Å². The second kappa shape index (κ2) is 5.35. The minimum atomic E-state index is -0.426. The second-order valence-corrected chi connectivity index (χ2v) is 3.88. The molecule has 1 atom stereocenters. The van der Waals surface area contributed by atoms with Gasteiger partial charge in [-0.1, -0.05) is 18.1 Å². The molecule has 1 heterocycles. The first-order valence-electron chi connectivity index (χ1n) is 4.50. The van der Waals surface area contributed by atoms with Gasteiger partial charge in [0.25, 0.3) is 5.91 Å². The van der Waals surface area contributed by atoms with E-state index in [0.29, 0.717) is 11.3 Å². The Morgan fingerprint density at radius 2 is 2.53 bits per heavy atom. The summed E-state index contributed by atoms with van der Waals surface area (Å²) in [6, 6.07) is 3.09. The molecule has 0 fully saturated rings. The minimum absolute atomic E-state index is 0.0161. The number of thiophene rings is 1. The van der Waals surface area contributed by atoms with Gasteiger partial charge in [-0.15, -0.1) is 11.3 Å². The summed E-state index contributed by atoms with van der Waals surface area (Å²) in [5, 5.41) is 15.9. The summed E-state index contributed by atoms with van der Waals surface area (Å²) in [5.74, 6) is -0.189. The van der Waals surface area contributed by atoms with Crippen LogP contribution in [0.15, 0.2) is 22.7 Å². The number of carbonyl (C=O) groups excluding carboxylic acids is 1. The fourth-order valence-corrected chi connectivity index (χ4v) is 1.72. The van der Waals surface area contributed by atoms with Gasteiger partial charge in [0.15, 0.2) is 5.84 Å². The Kier molecular flexibility index (Phi) is 4.11. The van der Waals surface area contributed by atoms with Crippen LogP contribution in [0.2, 0.25) is 0 Å². The molecule has 0 spiro atoms. The number of amidine groups is 1. The number of nitrogens with two attached hydrogens (primary N) is 1. The summed E-state index contributed by atoms with van der Waals surface area (Å²) in [5.41, 5.74) is 5.42. The normalized spacial score (nSPS) is 13.5. The lowest BCUT2D eigenvalue weighted by Crippen LogP contribution is -2.43. The molecule has 1 unspecified atom stereocenters. The lowest BCUT2D eigenvalue weighted by atomic mass is 10.2. The molecule has 6 heteroatoms. The monoisotopic (exact) mass is 227 g/mol. The molecule has 1 rings (SSSR count). The molecule has 0 aliphatic rings. The number of oxime groups is 1. The Morgan fingerprint density at radius 1 is 1.80 bits per heavy atom. The predicted molar refractivity (Wildman–Crippen MR) is 59.3 cm³/mol. The highest BCUT2D eigenvalue weighted by Gasteiger charge is 2.16. The van der Waals surface area contributed by atoms with Crippen LogP contribution in [0.1, 0.15) is 23.0 Å². The largest absolute Gasteiger partial charge is 0.409 e. The Hall–Kier alpha value is -1.56. The van der Waals surface area contributed by atoms with Crippen LogP contribution in [0.4, 0.5) is 0 Å². The molecule has 0 aliphatic carbocycles. The molecule has 0 aliphatic heterocycles. The van der Waals surface area contributed by atoms with Crippen molar-refractivity contribution in [3.63, 3.8) is 0 Å². The van der Waals surface area contributed by atoms with Crippen LogP contribution in [0.3, 0.4) is 0 Å². The van der Waals surface area contributed by atoms with Crippen LogP contribution < -0.4 is 11.1 Å². The number of hydrogen-bond donors (Lipinski definition) is 3. The number of rotatable bonds is 4. The zero-order chi connectivity index (χ0) is 11.3. The fourth-order valence-electron chi connectivity index (χ4n) is 1.09. The van der Waals surface area contributed by atoms with Crippen LogP contribution in [-0.2, 0) is 0 Å². The number of nitrogens with one attached hydrogen (secondary N) is 1. The molecule has 15 heavy (non-hydrogen) atoms. The van der Waals surface area contributed by atoms with Crippen LogP contribution in [0.5, 0.6) is 0 Å². The topological polar surface area (TPSA) is 87.7 Å². The van der Waals surface area contributed by atoms with Crippen molar-refractivity contribution in [3.8, 4) is 0 Å². The van der Waals surface area contributed by atoms with E-state index in [0.717, 1.165) is 0 Å². The molecule has 1 aromatic rings. The van der Waals surface area contributed by atoms with Crippen molar-refractivity contribution in [2.75, 3.05) is 0 Å². The van der Waals surface area contributed by atoms with Crippen molar-refractivity contribution in [1.29, 1.82) is 0 Å². The van der Waals surface area contributed by atoms with E-state index in [1.165, 1.54) is 11.3 Å². The van der Waals surface area contributed by atoms with Gasteiger partial charge in [0.05, 0.1) is 10.9 Å². The van der Waals surface area contributed by atoms with Gasteiger partial charge < -0.3 is 16.3 Å². The summed E-state index contributed by atoms with van der Waals surface area (Å²) in [6.07, 6.45) is 0.576. The van der Waals surface area contributed by atoms with E-state index >= 15 is 0 Å². The van der Waals surface area contributed by atoms with E-state index in [1.807, 2.05) is 12.3 Å². The van der Waals surface area contributed by atoms with Gasteiger partial charge in [0.2, 0.25) is 0 Å². The van der Waals surface area contributed by atoms with E-state index in [1.54, 1.807) is 12.1 Å². The summed E-state index contributed by atoms with van der Waals surface area (Å²) < 4.78 is 0. The standard InChI is InChI=1S/C9H13N3O2S/c1-2-6(8(10)12-14)11-9(13)7-4-3-5-15-7/h3-6,14H,2H2,1H3,(H2,10,12)(H,11,13). The van der Waals surface area contributed by atoms with Crippen LogP contribution in [-0.4, -0.2) is 23.0 Å². The number of nitrogens with zero attached hydrogens (tertiary/aromatic N) is 1. The first-order valence-corrected chi connectivity index (χ1v) is 5.38. The Morgan fingerprint density at radius 3 is 3.00 bits per heavy atom. The summed E-state index contributed by atoms with van der Waals surface area (Å²) >= 11 is 1.35. The Labute approximate surface area is 91.6 Å². The van der Waals surface area contributed by atoms with E-state index in [9.17, 15) is 4.79 Å². The molecular weight excluding hydrogens is 214 g/mol. The summed E-state index contributed by atoms with van der Waals surface area (Å²) in [7, 11) is 0. The Balaban J connectivity index is 2.64. The van der Waals surface area contributed by atoms with E-state index in [4.69, 9.17) is 10.9 Å². The molecule has 5 nitrogen and oxygen atoms in total. The van der Waals surface area contributed by atoms with Crippen molar-refractivity contribution in [2.24, 2.45) is 10.9 Å². The third-order valence-corrected chi connectivity index (χ3v) is 2.80. The van der Waals surface area contributed by atoms with Crippen molar-refractivity contribution in [2.45, 2.75) is 19.4 Å². The van der Waals surface area contributed by atoms with Gasteiger partial charge >= 0.3 is 0 Å². The first kappa shape index (κ1) is 11.5. The van der Waals surface area contributed by atoms with Gasteiger partial charge in [-0.3, -0.25) is 4.79 Å². The number of hydrogen-bond acceptors (Lipinski definition) is 4. The zero-order valence-corrected chi connectivity index (χ0v) is 9.12. The quantitative estimate of drug-likeness (QED) is 0.310. The first-order chi connectivity index (χ1) is 7.19. The van der Waals surface area contributed by atoms with Gasteiger partial charge in [0.1, 0.15) is 0 Å². The maximum atomic E-state index is 11.6. The highest BCUT2D eigenvalue weighted by atomic mass is 32.1. The van der Waals surface area contributed by atoms with Crippen molar-refractivity contribution in [3.05, 3.63) is 22.4 Å². The van der Waals surface area contributed by atoms with Crippen LogP contribution in [0, 0.1) is 0 Å². The van der Waals surface area contributed by atoms with Crippen molar-refractivity contribution >= 4 is 23.1 Å². The molecule has 0 aromatic carbocycles. The van der Waals surface area contributed by atoms with E-state index in [2.05, 4.69) is 10.5 Å². The summed E-state index contributed by atoms with van der Waals surface area (Å²) in [4.78, 5) is 12.2. The van der Waals surface area contributed by atoms with E-state index in [-0.39, 0.29) is 11.7 Å². The van der Waals surface area contributed by atoms with Gasteiger partial charge in [-0.05, 0) is 17.9 Å². The maximum Gasteiger partial charge on any atom is 0.261 e. The van der Waals surface area contributed by atoms with Gasteiger partial charge in [-0.25, -0.2) is 0 Å². The molecule has 0 bridgehead atoms. The van der Waals surface area contributed by atoms with Crippen LogP contribution >= 0.6 is 11.3 Å². The molecule has 0 saturated heterocycles. The molecular formula is C9H13N3O2S. The molecule has 0 saturated carbocycles. The van der Waals surface area contributed by atoms with Crippen molar-refractivity contribution in [1.82, 2.24) is 5.32 Å². The number of amides is 1. The molecule has 4 N–H and O–H groups in total. The third-order valence-electron chi connectivity index (χ3n) is 1.93. The highest BCUT2D eigenvalue weighted by Crippen LogP contribution is 2.08.